The van der Waals surface area contributed by atoms with Crippen molar-refractivity contribution in [2.75, 3.05) is 13.7 Å². The van der Waals surface area contributed by atoms with Crippen molar-refractivity contribution in [2.24, 2.45) is 10.8 Å². The molecular weight excluding hydrogens is 669 g/mol. The highest BCUT2D eigenvalue weighted by molar-refractivity contribution is 7.92. The fraction of sp³-hybridized carbons (Fsp3) is 0.545. The predicted octanol–water partition coefficient (Wildman–Crippen LogP) is 6.58. The molecular formula is C33H31F7N2O5S. The van der Waals surface area contributed by atoms with Crippen LogP contribution in [0.4, 0.5) is 30.7 Å². The van der Waals surface area contributed by atoms with Gasteiger partial charge in [-0.15, -0.1) is 0 Å². The second-order valence-corrected chi connectivity index (χ2v) is 15.6. The summed E-state index contributed by atoms with van der Waals surface area (Å²) in [6.07, 6.45) is -10.9. The number of rotatable bonds is 5. The zero-order valence-electron chi connectivity index (χ0n) is 25.7. The number of methoxy groups -OCH3 is 1. The molecule has 0 N–H and O–H groups in total. The van der Waals surface area contributed by atoms with Gasteiger partial charge in [0, 0.05) is 17.5 Å². The number of alkyl halides is 7. The number of aryl methyl sites for hydroxylation is 1. The van der Waals surface area contributed by atoms with Crippen LogP contribution < -0.4 is 0 Å². The maximum Gasteiger partial charge on any atom is 0.435 e. The van der Waals surface area contributed by atoms with Gasteiger partial charge in [0.05, 0.1) is 35.1 Å². The van der Waals surface area contributed by atoms with Crippen molar-refractivity contribution in [3.05, 3.63) is 64.7 Å². The molecule has 1 amide bonds. The molecule has 258 valence electrons. The molecule has 2 unspecified atom stereocenters. The molecule has 2 aromatic carbocycles. The Hall–Kier alpha value is -3.67. The standard InChI is InChI=1S/C33H31F7N2O5S/c1-47-27(44)29-13-10-28(11-14-29,12-15-29)26(43)42-17-16-30(48(45,46)23-6-2-20(19-41)3-7-23)24-8-5-22(18-21(24)4-9-25(30)42)31(34,32(35,36)37)33(38,39)40/h2-3,5-8,18,25H,4,9-17H2,1H3. The molecule has 2 aromatic rings. The molecule has 7 nitrogen and oxygen atoms in total. The monoisotopic (exact) mass is 700 g/mol. The van der Waals surface area contributed by atoms with E-state index in [9.17, 15) is 49.6 Å². The maximum atomic E-state index is 15.1. The smallest absolute Gasteiger partial charge is 0.435 e. The normalized spacial score (nSPS) is 28.7. The van der Waals surface area contributed by atoms with Crippen molar-refractivity contribution in [2.45, 2.75) is 91.5 Å². The van der Waals surface area contributed by atoms with E-state index in [0.717, 1.165) is 6.07 Å². The summed E-state index contributed by atoms with van der Waals surface area (Å²) in [5, 5.41) is 9.24. The summed E-state index contributed by atoms with van der Waals surface area (Å²) in [6.45, 7) is -0.0672. The molecule has 7 rings (SSSR count). The van der Waals surface area contributed by atoms with E-state index in [2.05, 4.69) is 0 Å². The number of benzene rings is 2. The van der Waals surface area contributed by atoms with Crippen LogP contribution in [0.3, 0.4) is 0 Å². The number of amides is 1. The number of nitriles is 1. The van der Waals surface area contributed by atoms with E-state index < -0.39 is 55.0 Å². The van der Waals surface area contributed by atoms with Gasteiger partial charge in [0.2, 0.25) is 5.91 Å². The number of sulfone groups is 1. The van der Waals surface area contributed by atoms with E-state index >= 15 is 4.39 Å². The van der Waals surface area contributed by atoms with E-state index in [4.69, 9.17) is 4.74 Å². The van der Waals surface area contributed by atoms with Gasteiger partial charge in [-0.05, 0) is 93.2 Å². The topological polar surface area (TPSA) is 105 Å². The van der Waals surface area contributed by atoms with E-state index in [1.807, 2.05) is 6.07 Å². The van der Waals surface area contributed by atoms with Gasteiger partial charge in [0.25, 0.3) is 0 Å². The highest BCUT2D eigenvalue weighted by Crippen LogP contribution is 2.61. The van der Waals surface area contributed by atoms with Crippen molar-refractivity contribution in [1.29, 1.82) is 5.26 Å². The lowest BCUT2D eigenvalue weighted by Gasteiger charge is -2.52. The molecule has 2 bridgehead atoms. The Morgan fingerprint density at radius 2 is 1.44 bits per heavy atom. The zero-order chi connectivity index (χ0) is 35.1. The first-order valence-corrected chi connectivity index (χ1v) is 16.9. The molecule has 0 spiro atoms. The SMILES string of the molecule is COC(=O)C12CCC(C(=O)N3CCC4(S(=O)(=O)c5ccc(C#N)cc5)c5ccc(C(F)(C(F)(F)F)C(F)(F)F)cc5CCC34)(CC1)CC2. The van der Waals surface area contributed by atoms with Gasteiger partial charge < -0.3 is 9.64 Å². The van der Waals surface area contributed by atoms with Crippen LogP contribution >= 0.6 is 0 Å². The fourth-order valence-electron chi connectivity index (χ4n) is 8.73. The van der Waals surface area contributed by atoms with Crippen LogP contribution in [-0.2, 0) is 41.0 Å². The largest absolute Gasteiger partial charge is 0.469 e. The lowest BCUT2D eigenvalue weighted by Crippen LogP contribution is -2.58. The minimum Gasteiger partial charge on any atom is -0.469 e. The second-order valence-electron chi connectivity index (χ2n) is 13.4. The Labute approximate surface area is 272 Å². The average molecular weight is 701 g/mol. The summed E-state index contributed by atoms with van der Waals surface area (Å²) in [4.78, 5) is 28.3. The first-order chi connectivity index (χ1) is 22.3. The van der Waals surface area contributed by atoms with Crippen LogP contribution in [0.1, 0.15) is 73.6 Å². The molecule has 0 radical (unpaired) electrons. The molecule has 2 atom stereocenters. The van der Waals surface area contributed by atoms with Crippen molar-refractivity contribution in [3.63, 3.8) is 0 Å². The number of hydrogen-bond acceptors (Lipinski definition) is 6. The number of fused-ring (bicyclic) bond motifs is 6. The second kappa shape index (κ2) is 10.9. The number of nitrogens with zero attached hydrogens (tertiary/aromatic N) is 2. The van der Waals surface area contributed by atoms with Crippen molar-refractivity contribution < 1.29 is 53.5 Å². The number of ether oxygens (including phenoxy) is 1. The lowest BCUT2D eigenvalue weighted by molar-refractivity contribution is -0.348. The number of likely N-dealkylation sites (tertiary alicyclic amines) is 1. The first kappa shape index (κ1) is 34.2. The molecule has 1 saturated heterocycles. The summed E-state index contributed by atoms with van der Waals surface area (Å²) in [7, 11) is -3.24. The molecule has 1 aliphatic heterocycles. The lowest BCUT2D eigenvalue weighted by atomic mass is 9.53. The highest BCUT2D eigenvalue weighted by Gasteiger charge is 2.74. The van der Waals surface area contributed by atoms with Crippen molar-refractivity contribution in [3.8, 4) is 6.07 Å². The number of hydrogen-bond donors (Lipinski definition) is 0. The molecule has 5 aliphatic rings. The Morgan fingerprint density at radius 1 is 0.875 bits per heavy atom. The van der Waals surface area contributed by atoms with Gasteiger partial charge in [-0.2, -0.15) is 31.6 Å². The van der Waals surface area contributed by atoms with E-state index in [-0.39, 0.29) is 59.3 Å². The summed E-state index contributed by atoms with van der Waals surface area (Å²) in [5.74, 6) is -0.645. The van der Waals surface area contributed by atoms with Gasteiger partial charge in [0.15, 0.2) is 9.84 Å². The van der Waals surface area contributed by atoms with E-state index in [1.165, 1.54) is 36.3 Å². The third kappa shape index (κ3) is 4.53. The van der Waals surface area contributed by atoms with E-state index in [1.54, 1.807) is 0 Å². The number of halogens is 7. The van der Waals surface area contributed by atoms with Gasteiger partial charge in [-0.25, -0.2) is 12.8 Å². The minimum atomic E-state index is -6.36. The number of esters is 1. The summed E-state index contributed by atoms with van der Waals surface area (Å²) < 4.78 is 130. The third-order valence-electron chi connectivity index (χ3n) is 11.4. The van der Waals surface area contributed by atoms with Crippen LogP contribution in [0.2, 0.25) is 0 Å². The summed E-state index contributed by atoms with van der Waals surface area (Å²) >= 11 is 0. The number of carbonyl (C=O) groups is 2. The Kier molecular flexibility index (Phi) is 7.78. The van der Waals surface area contributed by atoms with Crippen LogP contribution in [0.15, 0.2) is 47.4 Å². The summed E-state index contributed by atoms with van der Waals surface area (Å²) in [6, 6.07) is 7.35. The first-order valence-electron chi connectivity index (χ1n) is 15.4. The van der Waals surface area contributed by atoms with Crippen LogP contribution in [0.5, 0.6) is 0 Å². The van der Waals surface area contributed by atoms with E-state index in [0.29, 0.717) is 50.7 Å². The molecule has 1 heterocycles. The Morgan fingerprint density at radius 3 is 1.96 bits per heavy atom. The molecule has 4 fully saturated rings. The van der Waals surface area contributed by atoms with Gasteiger partial charge >= 0.3 is 24.0 Å². The maximum absolute atomic E-state index is 15.1. The van der Waals surface area contributed by atoms with Crippen molar-refractivity contribution in [1.82, 2.24) is 4.90 Å². The Bertz CT molecular complexity index is 1780. The predicted molar refractivity (Wildman–Crippen MR) is 154 cm³/mol. The van der Waals surface area contributed by atoms with Gasteiger partial charge in [0.1, 0.15) is 4.75 Å². The molecule has 0 aromatic heterocycles. The van der Waals surface area contributed by atoms with Crippen LogP contribution in [0, 0.1) is 22.2 Å². The molecule has 15 heteroatoms. The molecule has 4 aliphatic carbocycles. The van der Waals surface area contributed by atoms with Gasteiger partial charge in [-0.3, -0.25) is 9.59 Å². The number of carbonyl (C=O) groups excluding carboxylic acids is 2. The molecule has 48 heavy (non-hydrogen) atoms. The summed E-state index contributed by atoms with van der Waals surface area (Å²) in [5.41, 5.74) is -9.12. The highest BCUT2D eigenvalue weighted by atomic mass is 32.2. The third-order valence-corrected chi connectivity index (χ3v) is 14.0. The minimum absolute atomic E-state index is 0.0672. The zero-order valence-corrected chi connectivity index (χ0v) is 26.5. The average Bonchev–Trinajstić information content (AvgIpc) is 3.48. The van der Waals surface area contributed by atoms with Crippen LogP contribution in [0.25, 0.3) is 0 Å². The fourth-order valence-corrected chi connectivity index (χ4v) is 11.1. The molecule has 3 saturated carbocycles. The van der Waals surface area contributed by atoms with Crippen molar-refractivity contribution >= 4 is 21.7 Å². The Balaban J connectivity index is 1.46. The van der Waals surface area contributed by atoms with Gasteiger partial charge in [-0.1, -0.05) is 18.2 Å². The quantitative estimate of drug-likeness (QED) is 0.258. The van der Waals surface area contributed by atoms with Crippen LogP contribution in [-0.4, -0.2) is 57.2 Å².